The summed E-state index contributed by atoms with van der Waals surface area (Å²) in [6, 6.07) is 16.3. The first-order chi connectivity index (χ1) is 8.25. The summed E-state index contributed by atoms with van der Waals surface area (Å²) in [5.74, 6) is 0.487. The molecule has 4 heteroatoms. The first kappa shape index (κ1) is 11.7. The summed E-state index contributed by atoms with van der Waals surface area (Å²) < 4.78 is 5.89. The van der Waals surface area contributed by atoms with Crippen molar-refractivity contribution in [2.24, 2.45) is 0 Å². The quantitative estimate of drug-likeness (QED) is 0.906. The van der Waals surface area contributed by atoms with Crippen molar-refractivity contribution in [2.75, 3.05) is 5.32 Å². The average Bonchev–Trinajstić information content (AvgIpc) is 2.33. The molecule has 1 N–H and O–H groups in total. The molecule has 0 saturated heterocycles. The van der Waals surface area contributed by atoms with Gasteiger partial charge >= 0.3 is 6.09 Å². The van der Waals surface area contributed by atoms with Crippen molar-refractivity contribution in [1.82, 2.24) is 0 Å². The van der Waals surface area contributed by atoms with Crippen LogP contribution >= 0.6 is 15.9 Å². The summed E-state index contributed by atoms with van der Waals surface area (Å²) in [6.07, 6.45) is -0.511. The van der Waals surface area contributed by atoms with Crippen LogP contribution in [0.1, 0.15) is 0 Å². The van der Waals surface area contributed by atoms with Gasteiger partial charge in [-0.1, -0.05) is 30.3 Å². The second-order valence-electron chi connectivity index (χ2n) is 3.31. The van der Waals surface area contributed by atoms with Crippen molar-refractivity contribution in [3.05, 3.63) is 59.1 Å². The summed E-state index contributed by atoms with van der Waals surface area (Å²) in [6.45, 7) is 0. The molecule has 3 nitrogen and oxygen atoms in total. The van der Waals surface area contributed by atoms with E-state index in [9.17, 15) is 4.79 Å². The summed E-state index contributed by atoms with van der Waals surface area (Å²) in [4.78, 5) is 11.6. The van der Waals surface area contributed by atoms with Gasteiger partial charge in [0.15, 0.2) is 0 Å². The predicted octanol–water partition coefficient (Wildman–Crippen LogP) is 4.06. The zero-order valence-electron chi connectivity index (χ0n) is 8.89. The van der Waals surface area contributed by atoms with Gasteiger partial charge in [-0.3, -0.25) is 5.32 Å². The van der Waals surface area contributed by atoms with Gasteiger partial charge in [-0.05, 0) is 40.2 Å². The van der Waals surface area contributed by atoms with Gasteiger partial charge in [-0.2, -0.15) is 0 Å². The maximum absolute atomic E-state index is 11.6. The van der Waals surface area contributed by atoms with Crippen LogP contribution in [-0.4, -0.2) is 6.09 Å². The summed E-state index contributed by atoms with van der Waals surface area (Å²) in [5, 5.41) is 2.64. The maximum atomic E-state index is 11.6. The lowest BCUT2D eigenvalue weighted by Crippen LogP contribution is -2.16. The molecule has 1 amide bonds. The van der Waals surface area contributed by atoms with Crippen LogP contribution in [0.4, 0.5) is 10.5 Å². The van der Waals surface area contributed by atoms with E-state index in [-0.39, 0.29) is 0 Å². The predicted molar refractivity (Wildman–Crippen MR) is 70.2 cm³/mol. The van der Waals surface area contributed by atoms with Crippen molar-refractivity contribution in [3.8, 4) is 5.75 Å². The molecule has 0 heterocycles. The monoisotopic (exact) mass is 291 g/mol. The number of hydrogen-bond donors (Lipinski definition) is 1. The van der Waals surface area contributed by atoms with Gasteiger partial charge in [-0.15, -0.1) is 0 Å². The molecule has 2 aromatic carbocycles. The minimum absolute atomic E-state index is 0.487. The highest BCUT2D eigenvalue weighted by molar-refractivity contribution is 9.10. The number of amides is 1. The molecule has 0 atom stereocenters. The molecule has 2 aromatic rings. The van der Waals surface area contributed by atoms with Crippen LogP contribution in [0.15, 0.2) is 59.1 Å². The van der Waals surface area contributed by atoms with Crippen molar-refractivity contribution in [2.45, 2.75) is 0 Å². The van der Waals surface area contributed by atoms with Gasteiger partial charge in [0, 0.05) is 5.69 Å². The molecule has 0 aromatic heterocycles. The van der Waals surface area contributed by atoms with Crippen LogP contribution in [0.25, 0.3) is 0 Å². The Balaban J connectivity index is 2.01. The van der Waals surface area contributed by atoms with Crippen molar-refractivity contribution >= 4 is 27.7 Å². The van der Waals surface area contributed by atoms with E-state index in [1.165, 1.54) is 0 Å². The number of rotatable bonds is 2. The van der Waals surface area contributed by atoms with E-state index >= 15 is 0 Å². The van der Waals surface area contributed by atoms with Crippen molar-refractivity contribution in [3.63, 3.8) is 0 Å². The number of halogens is 1. The lowest BCUT2D eigenvalue weighted by atomic mass is 10.3. The highest BCUT2D eigenvalue weighted by Gasteiger charge is 2.06. The number of carbonyl (C=O) groups is 1. The second kappa shape index (κ2) is 5.50. The largest absolute Gasteiger partial charge is 0.417 e. The van der Waals surface area contributed by atoms with Crippen LogP contribution in [0, 0.1) is 0 Å². The van der Waals surface area contributed by atoms with Gasteiger partial charge in [0.2, 0.25) is 0 Å². The van der Waals surface area contributed by atoms with E-state index in [1.54, 1.807) is 24.3 Å². The molecule has 0 unspecified atom stereocenters. The van der Waals surface area contributed by atoms with E-state index in [0.29, 0.717) is 11.4 Å². The molecule has 0 aliphatic rings. The highest BCUT2D eigenvalue weighted by atomic mass is 79.9. The van der Waals surface area contributed by atoms with Crippen molar-refractivity contribution < 1.29 is 9.53 Å². The number of benzene rings is 2. The standard InChI is InChI=1S/C13H10BrNO2/c14-11-8-4-5-9-12(11)17-13(16)15-10-6-2-1-3-7-10/h1-9H,(H,15,16). The fourth-order valence-electron chi connectivity index (χ4n) is 1.29. The van der Waals surface area contributed by atoms with Gasteiger partial charge in [0.05, 0.1) is 4.47 Å². The average molecular weight is 292 g/mol. The fourth-order valence-corrected chi connectivity index (χ4v) is 1.66. The molecule has 0 aliphatic carbocycles. The Kier molecular flexibility index (Phi) is 3.77. The molecular weight excluding hydrogens is 282 g/mol. The van der Waals surface area contributed by atoms with Gasteiger partial charge in [0.25, 0.3) is 0 Å². The van der Waals surface area contributed by atoms with E-state index in [0.717, 1.165) is 4.47 Å². The fraction of sp³-hybridized carbons (Fsp3) is 0. The Hall–Kier alpha value is -1.81. The van der Waals surface area contributed by atoms with Crippen LogP contribution < -0.4 is 10.1 Å². The minimum Gasteiger partial charge on any atom is -0.409 e. The summed E-state index contributed by atoms with van der Waals surface area (Å²) in [7, 11) is 0. The Morgan fingerprint density at radius 1 is 1.00 bits per heavy atom. The topological polar surface area (TPSA) is 38.3 Å². The molecule has 17 heavy (non-hydrogen) atoms. The minimum atomic E-state index is -0.511. The van der Waals surface area contributed by atoms with Gasteiger partial charge < -0.3 is 4.74 Å². The number of nitrogens with one attached hydrogen (secondary N) is 1. The third kappa shape index (κ3) is 3.32. The van der Waals surface area contributed by atoms with E-state index in [1.807, 2.05) is 30.3 Å². The summed E-state index contributed by atoms with van der Waals surface area (Å²) in [5.41, 5.74) is 0.699. The maximum Gasteiger partial charge on any atom is 0.417 e. The number of hydrogen-bond acceptors (Lipinski definition) is 2. The first-order valence-corrected chi connectivity index (χ1v) is 5.83. The molecule has 0 spiro atoms. The van der Waals surface area contributed by atoms with Crippen LogP contribution in [-0.2, 0) is 0 Å². The summed E-state index contributed by atoms with van der Waals surface area (Å²) >= 11 is 3.31. The number of carbonyl (C=O) groups excluding carboxylic acids is 1. The van der Waals surface area contributed by atoms with Crippen molar-refractivity contribution in [1.29, 1.82) is 0 Å². The van der Waals surface area contributed by atoms with Gasteiger partial charge in [-0.25, -0.2) is 4.79 Å². The number of para-hydroxylation sites is 2. The Morgan fingerprint density at radius 3 is 2.35 bits per heavy atom. The Bertz CT molecular complexity index is 514. The van der Waals surface area contributed by atoms with Crippen LogP contribution in [0.3, 0.4) is 0 Å². The molecule has 0 radical (unpaired) electrons. The van der Waals surface area contributed by atoms with E-state index < -0.39 is 6.09 Å². The molecule has 0 aliphatic heterocycles. The highest BCUT2D eigenvalue weighted by Crippen LogP contribution is 2.24. The van der Waals surface area contributed by atoms with Gasteiger partial charge in [0.1, 0.15) is 5.75 Å². The van der Waals surface area contributed by atoms with E-state index in [2.05, 4.69) is 21.2 Å². The zero-order valence-corrected chi connectivity index (χ0v) is 10.5. The zero-order chi connectivity index (χ0) is 12.1. The number of ether oxygens (including phenoxy) is 1. The molecule has 0 saturated carbocycles. The smallest absolute Gasteiger partial charge is 0.409 e. The Morgan fingerprint density at radius 2 is 1.65 bits per heavy atom. The molecule has 2 rings (SSSR count). The first-order valence-electron chi connectivity index (χ1n) is 5.04. The number of anilines is 1. The molecular formula is C13H10BrNO2. The third-order valence-electron chi connectivity index (χ3n) is 2.06. The van der Waals surface area contributed by atoms with Crippen LogP contribution in [0.5, 0.6) is 5.75 Å². The third-order valence-corrected chi connectivity index (χ3v) is 2.71. The van der Waals surface area contributed by atoms with E-state index in [4.69, 9.17) is 4.74 Å². The molecule has 86 valence electrons. The normalized spacial score (nSPS) is 9.71. The molecule has 0 bridgehead atoms. The molecule has 0 fully saturated rings. The lowest BCUT2D eigenvalue weighted by Gasteiger charge is -2.07. The lowest BCUT2D eigenvalue weighted by molar-refractivity contribution is 0.215. The Labute approximate surface area is 108 Å². The second-order valence-corrected chi connectivity index (χ2v) is 4.17. The SMILES string of the molecule is O=C(Nc1ccccc1)Oc1ccccc1Br. The van der Waals surface area contributed by atoms with Crippen LogP contribution in [0.2, 0.25) is 0 Å².